The van der Waals surface area contributed by atoms with Crippen molar-refractivity contribution in [3.63, 3.8) is 0 Å². The van der Waals surface area contributed by atoms with E-state index in [0.29, 0.717) is 18.9 Å². The van der Waals surface area contributed by atoms with E-state index in [1.165, 1.54) is 0 Å². The fourth-order valence-electron chi connectivity index (χ4n) is 2.54. The molecule has 1 aromatic carbocycles. The lowest BCUT2D eigenvalue weighted by Gasteiger charge is -2.33. The molecular weight excluding hydrogens is 280 g/mol. The molecule has 0 radical (unpaired) electrons. The number of piperidine rings is 1. The largest absolute Gasteiger partial charge is 0.391 e. The van der Waals surface area contributed by atoms with Crippen LogP contribution in [0.15, 0.2) is 42.6 Å². The topological polar surface area (TPSA) is 70.4 Å². The van der Waals surface area contributed by atoms with Crippen LogP contribution in [-0.2, 0) is 0 Å². The number of aliphatic hydroxyl groups excluding tert-OH is 1. The maximum Gasteiger partial charge on any atom is 0.323 e. The predicted molar refractivity (Wildman–Crippen MR) is 83.9 cm³/mol. The number of amides is 2. The summed E-state index contributed by atoms with van der Waals surface area (Å²) in [5.74, 6) is 0.739. The lowest BCUT2D eigenvalue weighted by atomic mass is 9.96. The van der Waals surface area contributed by atoms with E-state index >= 15 is 0 Å². The van der Waals surface area contributed by atoms with Gasteiger partial charge in [0.25, 0.3) is 0 Å². The van der Waals surface area contributed by atoms with Gasteiger partial charge in [-0.05, 0) is 24.5 Å². The highest BCUT2D eigenvalue weighted by molar-refractivity contribution is 5.88. The summed E-state index contributed by atoms with van der Waals surface area (Å²) in [4.78, 5) is 13.9. The van der Waals surface area contributed by atoms with Gasteiger partial charge in [0.15, 0.2) is 5.82 Å². The summed E-state index contributed by atoms with van der Waals surface area (Å²) in [6, 6.07) is 11.2. The molecule has 2 atom stereocenters. The van der Waals surface area contributed by atoms with Crippen LogP contribution in [0.3, 0.4) is 0 Å². The van der Waals surface area contributed by atoms with Crippen LogP contribution in [0.5, 0.6) is 0 Å². The number of likely N-dealkylation sites (tertiary alicyclic amines) is 1. The second-order valence-electron chi connectivity index (χ2n) is 5.69. The number of β-amino-alcohol motifs (C(OH)–C–C–N with tert-alkyl or cyclic N) is 1. The van der Waals surface area contributed by atoms with Crippen LogP contribution in [0.25, 0.3) is 5.69 Å². The molecule has 0 saturated carbocycles. The average molecular weight is 300 g/mol. The summed E-state index contributed by atoms with van der Waals surface area (Å²) in [6.45, 7) is 3.03. The highest BCUT2D eigenvalue weighted by Crippen LogP contribution is 2.18. The smallest absolute Gasteiger partial charge is 0.323 e. The molecule has 6 nitrogen and oxygen atoms in total. The molecule has 2 N–H and O–H groups in total. The number of carbonyl (C=O) groups excluding carboxylic acids is 1. The molecule has 2 aromatic rings. The van der Waals surface area contributed by atoms with E-state index in [1.807, 2.05) is 37.3 Å². The summed E-state index contributed by atoms with van der Waals surface area (Å²) < 4.78 is 1.71. The molecule has 0 aliphatic carbocycles. The molecule has 0 spiro atoms. The van der Waals surface area contributed by atoms with E-state index in [-0.39, 0.29) is 11.9 Å². The van der Waals surface area contributed by atoms with Crippen molar-refractivity contribution in [3.05, 3.63) is 42.6 Å². The number of urea groups is 1. The van der Waals surface area contributed by atoms with Gasteiger partial charge in [-0.3, -0.25) is 5.32 Å². The minimum Gasteiger partial charge on any atom is -0.391 e. The number of anilines is 1. The van der Waals surface area contributed by atoms with Crippen LogP contribution in [0.4, 0.5) is 10.6 Å². The monoisotopic (exact) mass is 300 g/mol. The molecule has 1 aromatic heterocycles. The first-order valence-corrected chi connectivity index (χ1v) is 7.48. The van der Waals surface area contributed by atoms with E-state index in [0.717, 1.165) is 12.1 Å². The SMILES string of the molecule is CC1CCN(C(=O)Nc2ccn(-c3ccccc3)n2)CC1O. The van der Waals surface area contributed by atoms with Gasteiger partial charge >= 0.3 is 6.03 Å². The molecule has 2 unspecified atom stereocenters. The molecule has 3 rings (SSSR count). The van der Waals surface area contributed by atoms with Gasteiger partial charge in [-0.2, -0.15) is 0 Å². The van der Waals surface area contributed by atoms with Gasteiger partial charge in [0.05, 0.1) is 11.8 Å². The van der Waals surface area contributed by atoms with Crippen molar-refractivity contribution in [2.75, 3.05) is 18.4 Å². The van der Waals surface area contributed by atoms with Crippen molar-refractivity contribution in [2.45, 2.75) is 19.4 Å². The van der Waals surface area contributed by atoms with Crippen molar-refractivity contribution in [2.24, 2.45) is 5.92 Å². The Labute approximate surface area is 129 Å². The van der Waals surface area contributed by atoms with Crippen LogP contribution in [0.1, 0.15) is 13.3 Å². The number of hydrogen-bond acceptors (Lipinski definition) is 3. The maximum atomic E-state index is 12.2. The third-order valence-corrected chi connectivity index (χ3v) is 4.05. The number of nitrogens with zero attached hydrogens (tertiary/aromatic N) is 3. The highest BCUT2D eigenvalue weighted by Gasteiger charge is 2.27. The van der Waals surface area contributed by atoms with E-state index in [4.69, 9.17) is 0 Å². The van der Waals surface area contributed by atoms with Crippen LogP contribution < -0.4 is 5.32 Å². The van der Waals surface area contributed by atoms with E-state index in [9.17, 15) is 9.90 Å². The van der Waals surface area contributed by atoms with Crippen molar-refractivity contribution in [1.29, 1.82) is 0 Å². The van der Waals surface area contributed by atoms with Crippen LogP contribution in [0, 0.1) is 5.92 Å². The molecule has 116 valence electrons. The third kappa shape index (κ3) is 3.12. The van der Waals surface area contributed by atoms with E-state index in [2.05, 4.69) is 10.4 Å². The minimum atomic E-state index is -0.457. The average Bonchev–Trinajstić information content (AvgIpc) is 2.99. The second-order valence-corrected chi connectivity index (χ2v) is 5.69. The zero-order valence-corrected chi connectivity index (χ0v) is 12.5. The Balaban J connectivity index is 1.64. The standard InChI is InChI=1S/C16H20N4O2/c1-12-7-9-19(11-14(12)21)16(22)17-15-8-10-20(18-15)13-5-3-2-4-6-13/h2-6,8,10,12,14,21H,7,9,11H2,1H3,(H,17,18,22). The van der Waals surface area contributed by atoms with Crippen molar-refractivity contribution in [3.8, 4) is 5.69 Å². The molecule has 1 fully saturated rings. The predicted octanol–water partition coefficient (Wildman–Crippen LogP) is 2.11. The Bertz CT molecular complexity index is 641. The molecule has 0 bridgehead atoms. The first-order chi connectivity index (χ1) is 10.6. The Morgan fingerprint density at radius 2 is 2.09 bits per heavy atom. The van der Waals surface area contributed by atoms with Gasteiger partial charge in [-0.25, -0.2) is 9.48 Å². The van der Waals surface area contributed by atoms with Crippen LogP contribution >= 0.6 is 0 Å². The Morgan fingerprint density at radius 1 is 1.32 bits per heavy atom. The minimum absolute atomic E-state index is 0.218. The number of nitrogens with one attached hydrogen (secondary N) is 1. The third-order valence-electron chi connectivity index (χ3n) is 4.05. The summed E-state index contributed by atoms with van der Waals surface area (Å²) in [6.07, 6.45) is 2.16. The number of aliphatic hydroxyl groups is 1. The lowest BCUT2D eigenvalue weighted by molar-refractivity contribution is 0.0463. The van der Waals surface area contributed by atoms with Gasteiger partial charge in [-0.15, -0.1) is 5.10 Å². The quantitative estimate of drug-likeness (QED) is 0.892. The summed E-state index contributed by atoms with van der Waals surface area (Å²) in [5, 5.41) is 17.0. The normalized spacial score (nSPS) is 21.6. The number of para-hydroxylation sites is 1. The molecule has 1 saturated heterocycles. The maximum absolute atomic E-state index is 12.2. The number of rotatable bonds is 2. The molecule has 6 heteroatoms. The molecule has 2 amide bonds. The fourth-order valence-corrected chi connectivity index (χ4v) is 2.54. The van der Waals surface area contributed by atoms with Crippen molar-refractivity contribution < 1.29 is 9.90 Å². The lowest BCUT2D eigenvalue weighted by Crippen LogP contribution is -2.47. The van der Waals surface area contributed by atoms with Crippen LogP contribution in [-0.4, -0.2) is 45.0 Å². The van der Waals surface area contributed by atoms with Crippen molar-refractivity contribution >= 4 is 11.8 Å². The molecule has 22 heavy (non-hydrogen) atoms. The van der Waals surface area contributed by atoms with Crippen molar-refractivity contribution in [1.82, 2.24) is 14.7 Å². The molecule has 1 aliphatic rings. The van der Waals surface area contributed by atoms with Crippen LogP contribution in [0.2, 0.25) is 0 Å². The second kappa shape index (κ2) is 6.19. The zero-order chi connectivity index (χ0) is 15.5. The fraction of sp³-hybridized carbons (Fsp3) is 0.375. The number of hydrogen-bond donors (Lipinski definition) is 2. The number of aromatic nitrogens is 2. The van der Waals surface area contributed by atoms with E-state index in [1.54, 1.807) is 21.8 Å². The molecule has 2 heterocycles. The number of benzene rings is 1. The zero-order valence-electron chi connectivity index (χ0n) is 12.5. The van der Waals surface area contributed by atoms with Gasteiger partial charge in [0.1, 0.15) is 0 Å². The summed E-state index contributed by atoms with van der Waals surface area (Å²) in [5.41, 5.74) is 0.935. The number of carbonyl (C=O) groups is 1. The summed E-state index contributed by atoms with van der Waals surface area (Å²) >= 11 is 0. The van der Waals surface area contributed by atoms with E-state index < -0.39 is 6.10 Å². The Kier molecular flexibility index (Phi) is 4.11. The summed E-state index contributed by atoms with van der Waals surface area (Å²) in [7, 11) is 0. The molecule has 1 aliphatic heterocycles. The molecular formula is C16H20N4O2. The Morgan fingerprint density at radius 3 is 2.82 bits per heavy atom. The highest BCUT2D eigenvalue weighted by atomic mass is 16.3. The van der Waals surface area contributed by atoms with Gasteiger partial charge < -0.3 is 10.0 Å². The van der Waals surface area contributed by atoms with Gasteiger partial charge in [-0.1, -0.05) is 25.1 Å². The van der Waals surface area contributed by atoms with Gasteiger partial charge in [0, 0.05) is 25.4 Å². The Hall–Kier alpha value is -2.34. The first-order valence-electron chi connectivity index (χ1n) is 7.48. The first kappa shape index (κ1) is 14.6. The van der Waals surface area contributed by atoms with Gasteiger partial charge in [0.2, 0.25) is 0 Å².